The highest BCUT2D eigenvalue weighted by molar-refractivity contribution is 7.89. The highest BCUT2D eigenvalue weighted by Crippen LogP contribution is 2.40. The lowest BCUT2D eigenvalue weighted by atomic mass is 10.2. The van der Waals surface area contributed by atoms with Crippen LogP contribution in [0.25, 0.3) is 0 Å². The van der Waals surface area contributed by atoms with Gasteiger partial charge < -0.3 is 24.6 Å². The Balaban J connectivity index is 0.000000744. The molecule has 0 aliphatic carbocycles. The molecule has 0 unspecified atom stereocenters. The zero-order valence-electron chi connectivity index (χ0n) is 21.5. The maximum atomic E-state index is 13.1. The van der Waals surface area contributed by atoms with E-state index in [1.165, 1.54) is 28.1 Å². The van der Waals surface area contributed by atoms with Gasteiger partial charge in [0, 0.05) is 19.2 Å². The van der Waals surface area contributed by atoms with E-state index in [2.05, 4.69) is 19.1 Å². The van der Waals surface area contributed by atoms with Crippen molar-refractivity contribution in [1.82, 2.24) is 4.31 Å². The first-order chi connectivity index (χ1) is 16.6. The van der Waals surface area contributed by atoms with Gasteiger partial charge in [-0.3, -0.25) is 0 Å². The Morgan fingerprint density at radius 1 is 1.06 bits per heavy atom. The largest absolute Gasteiger partial charge is 0.504 e. The number of nitrogens with two attached hydrogens (primary N) is 1. The van der Waals surface area contributed by atoms with Gasteiger partial charge >= 0.3 is 0 Å². The summed E-state index contributed by atoms with van der Waals surface area (Å²) in [5, 5.41) is 10.1. The SMILES string of the molecule is CCOP(COc1cc(S(=O)(=O)N(CCCN)CC(C)C)ccc1O)OCC.Cc1ccccc1. The van der Waals surface area contributed by atoms with Crippen LogP contribution in [-0.4, -0.2) is 57.0 Å². The van der Waals surface area contributed by atoms with E-state index in [4.69, 9.17) is 19.5 Å². The molecule has 0 heterocycles. The van der Waals surface area contributed by atoms with E-state index in [1.807, 2.05) is 45.9 Å². The summed E-state index contributed by atoms with van der Waals surface area (Å²) in [6.07, 6.45) is 0.664. The average molecular weight is 529 g/mol. The van der Waals surface area contributed by atoms with Crippen LogP contribution in [0, 0.1) is 12.8 Å². The van der Waals surface area contributed by atoms with Crippen LogP contribution >= 0.6 is 8.38 Å². The monoisotopic (exact) mass is 528 g/mol. The van der Waals surface area contributed by atoms with Gasteiger partial charge in [-0.1, -0.05) is 49.7 Å². The average Bonchev–Trinajstić information content (AvgIpc) is 2.82. The lowest BCUT2D eigenvalue weighted by molar-refractivity contribution is 0.241. The Morgan fingerprint density at radius 2 is 1.69 bits per heavy atom. The third-order valence-electron chi connectivity index (χ3n) is 4.56. The predicted octanol–water partition coefficient (Wildman–Crippen LogP) is 5.10. The number of hydrogen-bond donors (Lipinski definition) is 2. The van der Waals surface area contributed by atoms with Gasteiger partial charge in [0.1, 0.15) is 0 Å². The van der Waals surface area contributed by atoms with Crippen molar-refractivity contribution in [1.29, 1.82) is 0 Å². The van der Waals surface area contributed by atoms with Crippen LogP contribution in [0.4, 0.5) is 0 Å². The molecule has 10 heteroatoms. The molecule has 2 rings (SSSR count). The third-order valence-corrected chi connectivity index (χ3v) is 7.85. The van der Waals surface area contributed by atoms with Crippen LogP contribution in [0.3, 0.4) is 0 Å². The highest BCUT2D eigenvalue weighted by atomic mass is 32.2. The summed E-state index contributed by atoms with van der Waals surface area (Å²) in [6.45, 7) is 11.8. The predicted molar refractivity (Wildman–Crippen MR) is 142 cm³/mol. The Labute approximate surface area is 212 Å². The highest BCUT2D eigenvalue weighted by Gasteiger charge is 2.26. The van der Waals surface area contributed by atoms with Gasteiger partial charge in [0.25, 0.3) is 0 Å². The maximum Gasteiger partial charge on any atom is 0.243 e. The summed E-state index contributed by atoms with van der Waals surface area (Å²) in [5.74, 6) is 0.108. The first kappa shape index (κ1) is 31.3. The molecule has 0 amide bonds. The van der Waals surface area contributed by atoms with E-state index in [-0.39, 0.29) is 28.7 Å². The molecule has 198 valence electrons. The molecule has 0 bridgehead atoms. The second-order valence-electron chi connectivity index (χ2n) is 8.13. The van der Waals surface area contributed by atoms with Gasteiger partial charge in [0.15, 0.2) is 17.8 Å². The molecule has 0 fully saturated rings. The number of phenols is 1. The summed E-state index contributed by atoms with van der Waals surface area (Å²) in [7, 11) is -5.01. The molecule has 8 nitrogen and oxygen atoms in total. The minimum absolute atomic E-state index is 0.0649. The van der Waals surface area contributed by atoms with Crippen molar-refractivity contribution < 1.29 is 27.3 Å². The summed E-state index contributed by atoms with van der Waals surface area (Å²) < 4.78 is 44.1. The van der Waals surface area contributed by atoms with Gasteiger partial charge in [-0.15, -0.1) is 0 Å². The second-order valence-corrected chi connectivity index (χ2v) is 11.5. The van der Waals surface area contributed by atoms with Crippen LogP contribution in [0.15, 0.2) is 53.4 Å². The van der Waals surface area contributed by atoms with Crippen molar-refractivity contribution in [3.63, 3.8) is 0 Å². The summed E-state index contributed by atoms with van der Waals surface area (Å²) in [4.78, 5) is 0.0649. The van der Waals surface area contributed by atoms with Crippen molar-refractivity contribution in [2.75, 3.05) is 39.2 Å². The third kappa shape index (κ3) is 11.7. The first-order valence-corrected chi connectivity index (χ1v) is 14.7. The van der Waals surface area contributed by atoms with Crippen LogP contribution in [0.2, 0.25) is 0 Å². The van der Waals surface area contributed by atoms with E-state index in [0.29, 0.717) is 39.3 Å². The van der Waals surface area contributed by atoms with Gasteiger partial charge in [0.05, 0.1) is 18.1 Å². The summed E-state index contributed by atoms with van der Waals surface area (Å²) in [6, 6.07) is 14.3. The Hall–Kier alpha value is -1.74. The minimum atomic E-state index is -3.74. The van der Waals surface area contributed by atoms with Gasteiger partial charge in [-0.05, 0) is 51.8 Å². The van der Waals surface area contributed by atoms with Crippen LogP contribution in [0.5, 0.6) is 11.5 Å². The summed E-state index contributed by atoms with van der Waals surface area (Å²) in [5.41, 5.74) is 6.88. The standard InChI is InChI=1S/C18H33N2O6PS.C7H8/c1-5-25-27(26-6-2)14-24-18-12-16(8-9-17(18)21)28(22,23)20(11-7-10-19)13-15(3)4;1-7-5-3-2-4-6-7/h8-9,12,15,21H,5-7,10-11,13-14,19H2,1-4H3;2-6H,1H3. The molecule has 3 N–H and O–H groups in total. The fourth-order valence-electron chi connectivity index (χ4n) is 2.96. The molecular weight excluding hydrogens is 487 g/mol. The molecule has 2 aromatic carbocycles. The smallest absolute Gasteiger partial charge is 0.243 e. The summed E-state index contributed by atoms with van der Waals surface area (Å²) >= 11 is 0. The number of phenolic OH excluding ortho intramolecular Hbond substituents is 1. The van der Waals surface area contributed by atoms with E-state index < -0.39 is 18.4 Å². The van der Waals surface area contributed by atoms with Crippen molar-refractivity contribution in [3.8, 4) is 11.5 Å². The number of sulfonamides is 1. The molecule has 0 saturated heterocycles. The topological polar surface area (TPSA) is 111 Å². The molecule has 0 aliphatic heterocycles. The molecule has 0 aliphatic rings. The van der Waals surface area contributed by atoms with E-state index in [1.54, 1.807) is 0 Å². The number of nitrogens with zero attached hydrogens (tertiary/aromatic N) is 1. The lowest BCUT2D eigenvalue weighted by Gasteiger charge is -2.24. The normalized spacial score (nSPS) is 11.6. The molecule has 2 aromatic rings. The molecule has 0 spiro atoms. The van der Waals surface area contributed by atoms with Crippen LogP contribution in [0.1, 0.15) is 39.7 Å². The van der Waals surface area contributed by atoms with Crippen LogP contribution < -0.4 is 10.5 Å². The number of hydrogen-bond acceptors (Lipinski definition) is 7. The van der Waals surface area contributed by atoms with E-state index in [9.17, 15) is 13.5 Å². The van der Waals surface area contributed by atoms with Gasteiger partial charge in [0.2, 0.25) is 18.4 Å². The lowest BCUT2D eigenvalue weighted by Crippen LogP contribution is -2.35. The number of ether oxygens (including phenoxy) is 1. The molecule has 0 aromatic heterocycles. The molecule has 0 saturated carbocycles. The number of aryl methyl sites for hydroxylation is 1. The minimum Gasteiger partial charge on any atom is -0.504 e. The van der Waals surface area contributed by atoms with E-state index in [0.717, 1.165) is 0 Å². The molecule has 0 atom stereocenters. The molecule has 0 radical (unpaired) electrons. The van der Waals surface area contributed by atoms with Gasteiger partial charge in [-0.25, -0.2) is 8.42 Å². The zero-order valence-corrected chi connectivity index (χ0v) is 23.2. The molecular formula is C25H41N2O6PS. The second kappa shape index (κ2) is 16.8. The number of aromatic hydroxyl groups is 1. The van der Waals surface area contributed by atoms with Gasteiger partial charge in [-0.2, -0.15) is 4.31 Å². The number of benzene rings is 2. The fourth-order valence-corrected chi connectivity index (χ4v) is 5.66. The van der Waals surface area contributed by atoms with Crippen molar-refractivity contribution in [2.24, 2.45) is 11.7 Å². The Kier molecular flexibility index (Phi) is 15.1. The molecule has 35 heavy (non-hydrogen) atoms. The Bertz CT molecular complexity index is 938. The zero-order chi connectivity index (χ0) is 26.3. The first-order valence-electron chi connectivity index (χ1n) is 11.9. The van der Waals surface area contributed by atoms with Crippen LogP contribution in [-0.2, 0) is 19.1 Å². The van der Waals surface area contributed by atoms with Crippen molar-refractivity contribution >= 4 is 18.4 Å². The Morgan fingerprint density at radius 3 is 2.17 bits per heavy atom. The number of rotatable bonds is 14. The maximum absolute atomic E-state index is 13.1. The van der Waals surface area contributed by atoms with E-state index >= 15 is 0 Å². The fraction of sp³-hybridized carbons (Fsp3) is 0.520. The quantitative estimate of drug-likeness (QED) is 0.328. The van der Waals surface area contributed by atoms with Crippen molar-refractivity contribution in [2.45, 2.75) is 45.9 Å². The van der Waals surface area contributed by atoms with Crippen molar-refractivity contribution in [3.05, 3.63) is 54.1 Å².